The van der Waals surface area contributed by atoms with E-state index in [1.165, 1.54) is 6.07 Å². The molecule has 5 nitrogen and oxygen atoms in total. The lowest BCUT2D eigenvalue weighted by Gasteiger charge is -2.25. The van der Waals surface area contributed by atoms with Crippen LogP contribution in [0.4, 0.5) is 11.4 Å². The molecule has 1 aromatic carbocycles. The SMILES string of the molecule is Cc1cc(NCC(C)(O)CCC(C)C)ccc1[N+](=O)[O-]. The first-order valence-electron chi connectivity index (χ1n) is 6.92. The number of nitrogens with one attached hydrogen (secondary N) is 1. The van der Waals surface area contributed by atoms with Crippen LogP contribution in [0.2, 0.25) is 0 Å². The zero-order chi connectivity index (χ0) is 15.3. The number of hydrogen-bond donors (Lipinski definition) is 2. The molecule has 0 aliphatic rings. The standard InChI is InChI=1S/C15H24N2O3/c1-11(2)7-8-15(4,18)10-16-13-5-6-14(17(19)20)12(3)9-13/h5-6,9,11,16,18H,7-8,10H2,1-4H3. The Bertz CT molecular complexity index is 470. The van der Waals surface area contributed by atoms with Gasteiger partial charge in [-0.25, -0.2) is 0 Å². The zero-order valence-corrected chi connectivity index (χ0v) is 12.6. The lowest BCUT2D eigenvalue weighted by molar-refractivity contribution is -0.385. The van der Waals surface area contributed by atoms with Crippen LogP contribution >= 0.6 is 0 Å². The van der Waals surface area contributed by atoms with E-state index in [0.29, 0.717) is 18.0 Å². The molecule has 0 bridgehead atoms. The minimum atomic E-state index is -0.778. The molecule has 0 spiro atoms. The summed E-state index contributed by atoms with van der Waals surface area (Å²) in [4.78, 5) is 10.4. The fraction of sp³-hybridized carbons (Fsp3) is 0.600. The molecule has 0 fully saturated rings. The van der Waals surface area contributed by atoms with E-state index >= 15 is 0 Å². The Labute approximate surface area is 120 Å². The minimum Gasteiger partial charge on any atom is -0.388 e. The second-order valence-electron chi connectivity index (χ2n) is 6.04. The number of hydrogen-bond acceptors (Lipinski definition) is 4. The molecule has 1 atom stereocenters. The third-order valence-corrected chi connectivity index (χ3v) is 3.33. The van der Waals surface area contributed by atoms with Gasteiger partial charge in [-0.2, -0.15) is 0 Å². The fourth-order valence-corrected chi connectivity index (χ4v) is 1.95. The topological polar surface area (TPSA) is 75.4 Å². The van der Waals surface area contributed by atoms with Crippen molar-refractivity contribution in [3.05, 3.63) is 33.9 Å². The molecule has 0 amide bonds. The summed E-state index contributed by atoms with van der Waals surface area (Å²) < 4.78 is 0. The van der Waals surface area contributed by atoms with Crippen molar-refractivity contribution in [1.82, 2.24) is 0 Å². The van der Waals surface area contributed by atoms with Crippen molar-refractivity contribution in [3.63, 3.8) is 0 Å². The Hall–Kier alpha value is -1.62. The van der Waals surface area contributed by atoms with Gasteiger partial charge in [0.2, 0.25) is 0 Å². The number of anilines is 1. The highest BCUT2D eigenvalue weighted by Gasteiger charge is 2.20. The minimum absolute atomic E-state index is 0.113. The van der Waals surface area contributed by atoms with Gasteiger partial charge in [0.1, 0.15) is 0 Å². The quantitative estimate of drug-likeness (QED) is 0.592. The van der Waals surface area contributed by atoms with Crippen LogP contribution in [0, 0.1) is 23.0 Å². The zero-order valence-electron chi connectivity index (χ0n) is 12.6. The lowest BCUT2D eigenvalue weighted by Crippen LogP contribution is -2.33. The summed E-state index contributed by atoms with van der Waals surface area (Å²) in [6, 6.07) is 4.89. The Balaban J connectivity index is 2.61. The second-order valence-corrected chi connectivity index (χ2v) is 6.04. The van der Waals surface area contributed by atoms with Crippen LogP contribution in [-0.4, -0.2) is 22.2 Å². The number of nitrogens with zero attached hydrogens (tertiary/aromatic N) is 1. The maximum absolute atomic E-state index is 10.7. The van der Waals surface area contributed by atoms with Gasteiger partial charge in [-0.1, -0.05) is 13.8 Å². The van der Waals surface area contributed by atoms with Crippen molar-refractivity contribution < 1.29 is 10.0 Å². The monoisotopic (exact) mass is 280 g/mol. The Morgan fingerprint density at radius 1 is 1.45 bits per heavy atom. The van der Waals surface area contributed by atoms with Gasteiger partial charge in [0.25, 0.3) is 5.69 Å². The van der Waals surface area contributed by atoms with E-state index in [4.69, 9.17) is 0 Å². The van der Waals surface area contributed by atoms with Crippen LogP contribution in [-0.2, 0) is 0 Å². The summed E-state index contributed by atoms with van der Waals surface area (Å²) in [5.41, 5.74) is 0.738. The largest absolute Gasteiger partial charge is 0.388 e. The average Bonchev–Trinajstić information content (AvgIpc) is 2.34. The molecular weight excluding hydrogens is 256 g/mol. The van der Waals surface area contributed by atoms with Crippen LogP contribution in [0.25, 0.3) is 0 Å². The normalized spacial score (nSPS) is 14.1. The van der Waals surface area contributed by atoms with Gasteiger partial charge in [0, 0.05) is 23.9 Å². The first-order chi connectivity index (χ1) is 9.21. The van der Waals surface area contributed by atoms with E-state index in [0.717, 1.165) is 18.5 Å². The van der Waals surface area contributed by atoms with Crippen molar-refractivity contribution in [3.8, 4) is 0 Å². The van der Waals surface area contributed by atoms with E-state index in [2.05, 4.69) is 19.2 Å². The third kappa shape index (κ3) is 5.17. The summed E-state index contributed by atoms with van der Waals surface area (Å²) in [6.07, 6.45) is 1.69. The summed E-state index contributed by atoms with van der Waals surface area (Å²) in [5.74, 6) is 0.558. The predicted octanol–water partition coefficient (Wildman–Crippen LogP) is 3.50. The summed E-state index contributed by atoms with van der Waals surface area (Å²) in [7, 11) is 0. The van der Waals surface area contributed by atoms with Gasteiger partial charge in [0.15, 0.2) is 0 Å². The molecule has 5 heteroatoms. The molecule has 0 heterocycles. The maximum Gasteiger partial charge on any atom is 0.272 e. The molecule has 0 radical (unpaired) electrons. The highest BCUT2D eigenvalue weighted by atomic mass is 16.6. The molecule has 0 saturated heterocycles. The van der Waals surface area contributed by atoms with Gasteiger partial charge in [0.05, 0.1) is 10.5 Å². The lowest BCUT2D eigenvalue weighted by atomic mass is 9.95. The van der Waals surface area contributed by atoms with Crippen molar-refractivity contribution >= 4 is 11.4 Å². The Morgan fingerprint density at radius 3 is 2.60 bits per heavy atom. The maximum atomic E-state index is 10.7. The smallest absolute Gasteiger partial charge is 0.272 e. The van der Waals surface area contributed by atoms with E-state index in [9.17, 15) is 15.2 Å². The summed E-state index contributed by atoms with van der Waals surface area (Å²) >= 11 is 0. The number of aliphatic hydroxyl groups is 1. The molecule has 0 aromatic heterocycles. The number of nitro groups is 1. The molecule has 0 aliphatic carbocycles. The molecular formula is C15H24N2O3. The number of nitro benzene ring substituents is 1. The van der Waals surface area contributed by atoms with Crippen LogP contribution in [0.5, 0.6) is 0 Å². The van der Waals surface area contributed by atoms with Crippen molar-refractivity contribution in [1.29, 1.82) is 0 Å². The van der Waals surface area contributed by atoms with Gasteiger partial charge in [-0.3, -0.25) is 10.1 Å². The van der Waals surface area contributed by atoms with Gasteiger partial charge in [-0.05, 0) is 44.7 Å². The van der Waals surface area contributed by atoms with Gasteiger partial charge in [-0.15, -0.1) is 0 Å². The van der Waals surface area contributed by atoms with Crippen LogP contribution in [0.1, 0.15) is 39.2 Å². The van der Waals surface area contributed by atoms with Gasteiger partial charge >= 0.3 is 0 Å². The number of rotatable bonds is 7. The van der Waals surface area contributed by atoms with Gasteiger partial charge < -0.3 is 10.4 Å². The molecule has 0 saturated carbocycles. The highest BCUT2D eigenvalue weighted by Crippen LogP contribution is 2.23. The summed E-state index contributed by atoms with van der Waals surface area (Å²) in [5, 5.41) is 24.2. The third-order valence-electron chi connectivity index (χ3n) is 3.33. The first-order valence-corrected chi connectivity index (χ1v) is 6.92. The van der Waals surface area contributed by atoms with E-state index in [1.807, 2.05) is 0 Å². The molecule has 0 aliphatic heterocycles. The summed E-state index contributed by atoms with van der Waals surface area (Å²) in [6.45, 7) is 8.20. The van der Waals surface area contributed by atoms with Crippen molar-refractivity contribution in [2.24, 2.45) is 5.92 Å². The second kappa shape index (κ2) is 6.70. The van der Waals surface area contributed by atoms with E-state index in [1.54, 1.807) is 26.0 Å². The molecule has 1 aromatic rings. The first kappa shape index (κ1) is 16.4. The molecule has 112 valence electrons. The molecule has 20 heavy (non-hydrogen) atoms. The number of aryl methyl sites for hydroxylation is 1. The molecule has 1 unspecified atom stereocenters. The average molecular weight is 280 g/mol. The Kier molecular flexibility index (Phi) is 5.51. The van der Waals surface area contributed by atoms with Crippen molar-refractivity contribution in [2.45, 2.75) is 46.1 Å². The predicted molar refractivity (Wildman–Crippen MR) is 81.0 cm³/mol. The fourth-order valence-electron chi connectivity index (χ4n) is 1.95. The molecule has 2 N–H and O–H groups in total. The molecule has 1 rings (SSSR count). The number of benzene rings is 1. The Morgan fingerprint density at radius 2 is 2.10 bits per heavy atom. The van der Waals surface area contributed by atoms with E-state index < -0.39 is 10.5 Å². The van der Waals surface area contributed by atoms with E-state index in [-0.39, 0.29) is 5.69 Å². The van der Waals surface area contributed by atoms with Crippen molar-refractivity contribution in [2.75, 3.05) is 11.9 Å². The van der Waals surface area contributed by atoms with Crippen LogP contribution in [0.15, 0.2) is 18.2 Å². The van der Waals surface area contributed by atoms with Crippen LogP contribution < -0.4 is 5.32 Å². The highest BCUT2D eigenvalue weighted by molar-refractivity contribution is 5.53. The van der Waals surface area contributed by atoms with Crippen LogP contribution in [0.3, 0.4) is 0 Å².